The molecule has 0 aliphatic rings. The van der Waals surface area contributed by atoms with E-state index in [9.17, 15) is 26.3 Å². The summed E-state index contributed by atoms with van der Waals surface area (Å²) in [7, 11) is -2.11. The molecular weight excluding hydrogens is 811 g/mol. The zero-order chi connectivity index (χ0) is 36.8. The van der Waals surface area contributed by atoms with Gasteiger partial charge in [0, 0.05) is 20.4 Å². The summed E-state index contributed by atoms with van der Waals surface area (Å²) in [6.45, 7) is 0. The average Bonchev–Trinajstić information content (AvgIpc) is 3.18. The van der Waals surface area contributed by atoms with Crippen LogP contribution in [0.1, 0.15) is 11.1 Å². The molecule has 7 aromatic rings. The van der Waals surface area contributed by atoms with Gasteiger partial charge in [0.2, 0.25) is 0 Å². The van der Waals surface area contributed by atoms with Crippen LogP contribution >= 0.6 is 15.8 Å². The summed E-state index contributed by atoms with van der Waals surface area (Å²) in [6.07, 6.45) is -9.75. The first-order valence-corrected chi connectivity index (χ1v) is 18.9. The first-order chi connectivity index (χ1) is 25.1. The molecule has 0 bridgehead atoms. The zero-order valence-corrected chi connectivity index (χ0v) is 31.4. The number of hydrogen-bond donors (Lipinski definition) is 0. The Morgan fingerprint density at radius 3 is 0.943 bits per heavy atom. The van der Waals surface area contributed by atoms with Gasteiger partial charge in [-0.05, 0) is 59.8 Å². The predicted molar refractivity (Wildman–Crippen MR) is 206 cm³/mol. The molecule has 0 aliphatic heterocycles. The van der Waals surface area contributed by atoms with Crippen LogP contribution in [0.15, 0.2) is 200 Å². The first kappa shape index (κ1) is 41.4. The van der Waals surface area contributed by atoms with Crippen LogP contribution in [0.25, 0.3) is 0 Å². The van der Waals surface area contributed by atoms with Gasteiger partial charge in [-0.2, -0.15) is 62.7 Å². The van der Waals surface area contributed by atoms with E-state index in [1.807, 2.05) is 30.3 Å². The van der Waals surface area contributed by atoms with Crippen LogP contribution in [0, 0.1) is 6.07 Å². The van der Waals surface area contributed by atoms with Crippen LogP contribution < -0.4 is 31.8 Å². The summed E-state index contributed by atoms with van der Waals surface area (Å²) in [5, 5.41) is 5.30. The Morgan fingerprint density at radius 2 is 0.679 bits per heavy atom. The van der Waals surface area contributed by atoms with E-state index in [-0.39, 0.29) is 31.8 Å². The molecule has 0 nitrogen and oxygen atoms in total. The Morgan fingerprint density at radius 1 is 0.358 bits per heavy atom. The molecule has 272 valence electrons. The van der Waals surface area contributed by atoms with E-state index in [2.05, 4.69) is 97.1 Å². The van der Waals surface area contributed by atoms with Crippen molar-refractivity contribution < 1.29 is 46.8 Å². The van der Waals surface area contributed by atoms with E-state index in [0.29, 0.717) is 16.7 Å². The Bertz CT molecular complexity index is 1890. The van der Waals surface area contributed by atoms with E-state index in [1.165, 1.54) is 15.9 Å². The minimum Gasteiger partial charge on any atom is -0.184 e. The van der Waals surface area contributed by atoms with Crippen molar-refractivity contribution in [3.63, 3.8) is 0 Å². The van der Waals surface area contributed by atoms with Gasteiger partial charge in [0.1, 0.15) is 0 Å². The van der Waals surface area contributed by atoms with Crippen LogP contribution in [0.5, 0.6) is 0 Å². The molecule has 0 aliphatic carbocycles. The molecule has 0 spiro atoms. The molecule has 7 aromatic carbocycles. The summed E-state index contributed by atoms with van der Waals surface area (Å²) in [6, 6.07) is 63.7. The molecule has 9 heteroatoms. The van der Waals surface area contributed by atoms with Gasteiger partial charge in [-0.1, -0.05) is 158 Å². The molecule has 0 aromatic heterocycles. The van der Waals surface area contributed by atoms with Crippen molar-refractivity contribution in [2.75, 3.05) is 0 Å². The quantitative estimate of drug-likeness (QED) is 0.0677. The van der Waals surface area contributed by atoms with Gasteiger partial charge >= 0.3 is 12.4 Å². The topological polar surface area (TPSA) is 0 Å². The summed E-state index contributed by atoms with van der Waals surface area (Å²) in [5.41, 5.74) is -2.56. The standard InChI is InChI=1S/C20H13F6P.C18H15P.C6H5.Pd/c21-19(22,23)14-11-12-18(17(13-14)20(24,25)26)27(15-7-3-1-4-8-15)16-9-5-2-6-10-16;1-4-10-16(11-5-1)19(17-12-6-2-7-13-17)18-14-8-3-9-15-18;1-2-4-6-5-3-1;/h1-13H;1-15H;1-5H;/q;;-1;. The largest absolute Gasteiger partial charge is 0.417 e. The van der Waals surface area contributed by atoms with Crippen molar-refractivity contribution in [3.05, 3.63) is 217 Å². The summed E-state index contributed by atoms with van der Waals surface area (Å²) < 4.78 is 79.9. The summed E-state index contributed by atoms with van der Waals surface area (Å²) in [4.78, 5) is 0. The van der Waals surface area contributed by atoms with Gasteiger partial charge in [-0.3, -0.25) is 0 Å². The molecule has 0 radical (unpaired) electrons. The van der Waals surface area contributed by atoms with Gasteiger partial charge in [-0.15, -0.1) is 0 Å². The smallest absolute Gasteiger partial charge is 0.184 e. The van der Waals surface area contributed by atoms with Gasteiger partial charge in [-0.25, -0.2) is 0 Å². The predicted octanol–water partition coefficient (Wildman–Crippen LogP) is 10.4. The SMILES string of the molecule is FC(F)(F)c1ccc(P(c2ccccc2)c2ccccc2)c(C(F)(F)F)c1.[Pd].[c-]1ccccc1.c1ccc(P(c2ccccc2)c2ccccc2)cc1. The molecular formula is C44H33F6P2Pd-. The zero-order valence-electron chi connectivity index (χ0n) is 28.0. The van der Waals surface area contributed by atoms with Crippen molar-refractivity contribution in [2.45, 2.75) is 12.4 Å². The molecule has 53 heavy (non-hydrogen) atoms. The van der Waals surface area contributed by atoms with Gasteiger partial charge < -0.3 is 0 Å². The summed E-state index contributed by atoms with van der Waals surface area (Å²) >= 11 is 0. The number of rotatable bonds is 6. The summed E-state index contributed by atoms with van der Waals surface area (Å²) in [5.74, 6) is 0. The minimum absolute atomic E-state index is 0. The van der Waals surface area contributed by atoms with E-state index in [0.717, 1.165) is 6.07 Å². The second kappa shape index (κ2) is 20.2. The monoisotopic (exact) mass is 843 g/mol. The maximum Gasteiger partial charge on any atom is 0.417 e. The normalized spacial score (nSPS) is 11.0. The maximum atomic E-state index is 13.7. The van der Waals surface area contributed by atoms with Crippen LogP contribution in [-0.4, -0.2) is 0 Å². The van der Waals surface area contributed by atoms with Crippen LogP contribution in [-0.2, 0) is 32.8 Å². The maximum absolute atomic E-state index is 13.7. The molecule has 0 unspecified atom stereocenters. The van der Waals surface area contributed by atoms with E-state index >= 15 is 0 Å². The molecule has 0 saturated carbocycles. The molecule has 7 rings (SSSR count). The fraction of sp³-hybridized carbons (Fsp3) is 0.0455. The third-order valence-electron chi connectivity index (χ3n) is 7.55. The van der Waals surface area contributed by atoms with E-state index < -0.39 is 39.3 Å². The molecule has 0 heterocycles. The Balaban J connectivity index is 0.000000208. The first-order valence-electron chi connectivity index (χ1n) is 16.2. The number of halogens is 6. The fourth-order valence-electron chi connectivity index (χ4n) is 5.24. The second-order valence-corrected chi connectivity index (χ2v) is 15.6. The number of hydrogen-bond acceptors (Lipinski definition) is 0. The van der Waals surface area contributed by atoms with Crippen molar-refractivity contribution >= 4 is 47.7 Å². The molecule has 0 saturated heterocycles. The van der Waals surface area contributed by atoms with Gasteiger partial charge in [0.05, 0.1) is 11.1 Å². The number of benzene rings is 7. The van der Waals surface area contributed by atoms with Crippen molar-refractivity contribution in [3.8, 4) is 0 Å². The van der Waals surface area contributed by atoms with E-state index in [4.69, 9.17) is 0 Å². The van der Waals surface area contributed by atoms with Crippen molar-refractivity contribution in [2.24, 2.45) is 0 Å². The number of alkyl halides is 6. The van der Waals surface area contributed by atoms with Crippen LogP contribution in [0.3, 0.4) is 0 Å². The molecule has 0 amide bonds. The Hall–Kier alpha value is -4.36. The van der Waals surface area contributed by atoms with Gasteiger partial charge in [0.15, 0.2) is 0 Å². The van der Waals surface area contributed by atoms with Gasteiger partial charge in [0.25, 0.3) is 0 Å². The molecule has 0 N–H and O–H groups in total. The molecule has 0 fully saturated rings. The van der Waals surface area contributed by atoms with E-state index in [1.54, 1.807) is 60.7 Å². The van der Waals surface area contributed by atoms with Crippen molar-refractivity contribution in [1.82, 2.24) is 0 Å². The Labute approximate surface area is 322 Å². The van der Waals surface area contributed by atoms with Crippen LogP contribution in [0.2, 0.25) is 0 Å². The second-order valence-electron chi connectivity index (χ2n) is 11.2. The van der Waals surface area contributed by atoms with Crippen molar-refractivity contribution in [1.29, 1.82) is 0 Å². The third-order valence-corrected chi connectivity index (χ3v) is 12.5. The molecule has 0 atom stereocenters. The third kappa shape index (κ3) is 12.1. The Kier molecular flexibility index (Phi) is 15.8. The fourth-order valence-corrected chi connectivity index (χ4v) is 9.99. The van der Waals surface area contributed by atoms with Crippen LogP contribution in [0.4, 0.5) is 26.3 Å². The average molecular weight is 844 g/mol. The minimum atomic E-state index is -4.90.